The third-order valence-electron chi connectivity index (χ3n) is 6.30. The lowest BCUT2D eigenvalue weighted by Crippen LogP contribution is -2.40. The van der Waals surface area contributed by atoms with Crippen LogP contribution in [0, 0.1) is 13.8 Å². The van der Waals surface area contributed by atoms with Gasteiger partial charge in [-0.2, -0.15) is 0 Å². The highest BCUT2D eigenvalue weighted by Gasteiger charge is 2.20. The molecule has 1 aliphatic heterocycles. The van der Waals surface area contributed by atoms with Gasteiger partial charge in [-0.3, -0.25) is 0 Å². The van der Waals surface area contributed by atoms with Crippen LogP contribution in [-0.4, -0.2) is 29.1 Å². The van der Waals surface area contributed by atoms with E-state index >= 15 is 0 Å². The first-order valence-corrected chi connectivity index (χ1v) is 11.9. The minimum Gasteiger partial charge on any atom is -0.371 e. The summed E-state index contributed by atoms with van der Waals surface area (Å²) in [5.41, 5.74) is 7.86. The van der Waals surface area contributed by atoms with E-state index in [9.17, 15) is 0 Å². The number of rotatable bonds is 7. The summed E-state index contributed by atoms with van der Waals surface area (Å²) in [7, 11) is 0. The van der Waals surface area contributed by atoms with Gasteiger partial charge in [-0.25, -0.2) is 0 Å². The number of hydrogen-bond acceptors (Lipinski definition) is 2. The highest BCUT2D eigenvalue weighted by molar-refractivity contribution is 7.80. The van der Waals surface area contributed by atoms with Crippen molar-refractivity contribution in [1.82, 2.24) is 4.90 Å². The Labute approximate surface area is 188 Å². The molecule has 162 valence electrons. The average molecular weight is 424 g/mol. The van der Waals surface area contributed by atoms with Crippen LogP contribution in [0.5, 0.6) is 0 Å². The van der Waals surface area contributed by atoms with Gasteiger partial charge >= 0.3 is 0 Å². The van der Waals surface area contributed by atoms with Gasteiger partial charge in [0.05, 0.1) is 0 Å². The van der Waals surface area contributed by atoms with Gasteiger partial charge in [0.1, 0.15) is 0 Å². The van der Waals surface area contributed by atoms with E-state index in [-0.39, 0.29) is 0 Å². The second-order valence-electron chi connectivity index (χ2n) is 8.64. The Kier molecular flexibility index (Phi) is 7.76. The van der Waals surface area contributed by atoms with Crippen LogP contribution < -0.4 is 10.2 Å². The van der Waals surface area contributed by atoms with E-state index in [2.05, 4.69) is 86.1 Å². The first-order valence-electron chi connectivity index (χ1n) is 11.4. The minimum absolute atomic E-state index is 0.377. The second-order valence-corrected chi connectivity index (χ2v) is 9.02. The number of anilines is 2. The van der Waals surface area contributed by atoms with Crippen LogP contribution in [0.1, 0.15) is 62.3 Å². The molecule has 0 unspecified atom stereocenters. The maximum Gasteiger partial charge on any atom is 0.173 e. The molecule has 1 atom stereocenters. The van der Waals surface area contributed by atoms with E-state index in [1.54, 1.807) is 0 Å². The molecular formula is C26H37N3S. The van der Waals surface area contributed by atoms with Crippen molar-refractivity contribution >= 4 is 28.7 Å². The molecule has 30 heavy (non-hydrogen) atoms. The Balaban J connectivity index is 1.81. The molecule has 2 aromatic carbocycles. The van der Waals surface area contributed by atoms with Crippen LogP contribution in [0.3, 0.4) is 0 Å². The number of nitrogens with one attached hydrogen (secondary N) is 1. The lowest BCUT2D eigenvalue weighted by atomic mass is 9.98. The molecule has 3 rings (SSSR count). The van der Waals surface area contributed by atoms with Gasteiger partial charge < -0.3 is 15.1 Å². The molecule has 0 bridgehead atoms. The van der Waals surface area contributed by atoms with E-state index in [1.165, 1.54) is 53.7 Å². The Hall–Kier alpha value is -2.07. The predicted octanol–water partition coefficient (Wildman–Crippen LogP) is 6.46. The quantitative estimate of drug-likeness (QED) is 0.515. The Morgan fingerprint density at radius 3 is 2.57 bits per heavy atom. The molecule has 0 aliphatic carbocycles. The molecule has 0 fully saturated rings. The number of aryl methyl sites for hydroxylation is 3. The van der Waals surface area contributed by atoms with Crippen LogP contribution in [0.25, 0.3) is 0 Å². The van der Waals surface area contributed by atoms with Gasteiger partial charge in [0.2, 0.25) is 0 Å². The van der Waals surface area contributed by atoms with E-state index in [0.29, 0.717) is 6.04 Å². The lowest BCUT2D eigenvalue weighted by molar-refractivity contribution is 0.319. The molecule has 1 heterocycles. The van der Waals surface area contributed by atoms with E-state index in [1.807, 2.05) is 0 Å². The maximum atomic E-state index is 5.90. The van der Waals surface area contributed by atoms with Crippen molar-refractivity contribution in [2.45, 2.75) is 72.9 Å². The van der Waals surface area contributed by atoms with Crippen LogP contribution >= 0.6 is 12.2 Å². The van der Waals surface area contributed by atoms with Crippen LogP contribution in [0.4, 0.5) is 11.4 Å². The normalized spacial score (nSPS) is 14.2. The predicted molar refractivity (Wildman–Crippen MR) is 135 cm³/mol. The van der Waals surface area contributed by atoms with Crippen molar-refractivity contribution in [2.24, 2.45) is 0 Å². The van der Waals surface area contributed by atoms with Crippen molar-refractivity contribution < 1.29 is 0 Å². The highest BCUT2D eigenvalue weighted by Crippen LogP contribution is 2.29. The monoisotopic (exact) mass is 423 g/mol. The van der Waals surface area contributed by atoms with Gasteiger partial charge in [-0.05, 0) is 87.0 Å². The molecule has 4 heteroatoms. The zero-order valence-corrected chi connectivity index (χ0v) is 20.1. The van der Waals surface area contributed by atoms with E-state index in [0.717, 1.165) is 30.3 Å². The molecular weight excluding hydrogens is 386 g/mol. The van der Waals surface area contributed by atoms with Gasteiger partial charge in [0.25, 0.3) is 0 Å². The SMILES string of the molecule is CCCN1CCCc2cc(CN(C(=S)Nc3c(C)cccc3C)[C@@H](C)CC)ccc21. The molecule has 0 saturated carbocycles. The van der Waals surface area contributed by atoms with Crippen molar-refractivity contribution in [2.75, 3.05) is 23.3 Å². The number of fused-ring (bicyclic) bond motifs is 1. The van der Waals surface area contributed by atoms with Crippen molar-refractivity contribution in [3.8, 4) is 0 Å². The molecule has 0 amide bonds. The number of hydrogen-bond donors (Lipinski definition) is 1. The molecule has 0 aromatic heterocycles. The van der Waals surface area contributed by atoms with E-state index in [4.69, 9.17) is 12.2 Å². The number of para-hydroxylation sites is 1. The summed E-state index contributed by atoms with van der Waals surface area (Å²) < 4.78 is 0. The van der Waals surface area contributed by atoms with Gasteiger partial charge in [-0.15, -0.1) is 0 Å². The lowest BCUT2D eigenvalue weighted by Gasteiger charge is -2.34. The number of thiocarbonyl (C=S) groups is 1. The summed E-state index contributed by atoms with van der Waals surface area (Å²) in [6.07, 6.45) is 4.68. The highest BCUT2D eigenvalue weighted by atomic mass is 32.1. The largest absolute Gasteiger partial charge is 0.371 e. The fourth-order valence-electron chi connectivity index (χ4n) is 4.36. The molecule has 2 aromatic rings. The van der Waals surface area contributed by atoms with Crippen molar-refractivity contribution in [3.05, 3.63) is 58.7 Å². The smallest absolute Gasteiger partial charge is 0.173 e. The summed E-state index contributed by atoms with van der Waals surface area (Å²) in [6, 6.07) is 13.8. The summed E-state index contributed by atoms with van der Waals surface area (Å²) in [5.74, 6) is 0. The average Bonchev–Trinajstić information content (AvgIpc) is 2.74. The first-order chi connectivity index (χ1) is 14.4. The molecule has 0 saturated heterocycles. The Morgan fingerprint density at radius 2 is 1.90 bits per heavy atom. The van der Waals surface area contributed by atoms with Crippen LogP contribution in [0.15, 0.2) is 36.4 Å². The zero-order valence-electron chi connectivity index (χ0n) is 19.3. The van der Waals surface area contributed by atoms with Crippen molar-refractivity contribution in [3.63, 3.8) is 0 Å². The topological polar surface area (TPSA) is 18.5 Å². The zero-order chi connectivity index (χ0) is 21.7. The summed E-state index contributed by atoms with van der Waals surface area (Å²) >= 11 is 5.90. The molecule has 0 spiro atoms. The summed E-state index contributed by atoms with van der Waals surface area (Å²) in [5, 5.41) is 4.36. The third kappa shape index (κ3) is 5.15. The molecule has 3 nitrogen and oxygen atoms in total. The van der Waals surface area contributed by atoms with Gasteiger partial charge in [0.15, 0.2) is 5.11 Å². The Bertz CT molecular complexity index is 856. The molecule has 1 N–H and O–H groups in total. The molecule has 1 aliphatic rings. The van der Waals surface area contributed by atoms with Crippen LogP contribution in [-0.2, 0) is 13.0 Å². The van der Waals surface area contributed by atoms with Crippen molar-refractivity contribution in [1.29, 1.82) is 0 Å². The van der Waals surface area contributed by atoms with E-state index < -0.39 is 0 Å². The summed E-state index contributed by atoms with van der Waals surface area (Å²) in [6.45, 7) is 14.2. The van der Waals surface area contributed by atoms with Gasteiger partial charge in [-0.1, -0.05) is 44.2 Å². The fraction of sp³-hybridized carbons (Fsp3) is 0.500. The minimum atomic E-state index is 0.377. The number of nitrogens with zero attached hydrogens (tertiary/aromatic N) is 2. The van der Waals surface area contributed by atoms with Gasteiger partial charge in [0, 0.05) is 37.1 Å². The Morgan fingerprint density at radius 1 is 1.17 bits per heavy atom. The molecule has 0 radical (unpaired) electrons. The summed E-state index contributed by atoms with van der Waals surface area (Å²) in [4.78, 5) is 4.89. The second kappa shape index (κ2) is 10.3. The first kappa shape index (κ1) is 22.6. The fourth-order valence-corrected chi connectivity index (χ4v) is 4.71. The number of benzene rings is 2. The maximum absolute atomic E-state index is 5.90. The third-order valence-corrected chi connectivity index (χ3v) is 6.64. The van der Waals surface area contributed by atoms with Crippen LogP contribution in [0.2, 0.25) is 0 Å². The standard InChI is InChI=1S/C26H37N3S/c1-6-15-28-16-9-12-23-17-22(13-14-24(23)28)18-29(21(5)7-2)26(30)27-25-19(3)10-8-11-20(25)4/h8,10-11,13-14,17,21H,6-7,9,12,15-16,18H2,1-5H3,(H,27,30)/t21-/m0/s1.